The quantitative estimate of drug-likeness (QED) is 0.548. The summed E-state index contributed by atoms with van der Waals surface area (Å²) in [6.07, 6.45) is 0.867. The minimum Gasteiger partial charge on any atom is -0.368 e. The van der Waals surface area contributed by atoms with Gasteiger partial charge in [-0.1, -0.05) is 6.92 Å². The third kappa shape index (κ3) is 3.77. The number of likely N-dealkylation sites (N-methyl/N-ethyl adjacent to an activating group) is 1. The van der Waals surface area contributed by atoms with E-state index in [2.05, 4.69) is 15.3 Å². The van der Waals surface area contributed by atoms with Gasteiger partial charge in [-0.3, -0.25) is 14.9 Å². The zero-order valence-corrected chi connectivity index (χ0v) is 11.7. The molecule has 1 aromatic heterocycles. The molecule has 0 saturated heterocycles. The molecule has 0 aliphatic rings. The highest BCUT2D eigenvalue weighted by atomic mass is 16.6. The zero-order valence-electron chi connectivity index (χ0n) is 11.7. The van der Waals surface area contributed by atoms with E-state index in [-0.39, 0.29) is 23.7 Å². The fourth-order valence-electron chi connectivity index (χ4n) is 1.66. The third-order valence-corrected chi connectivity index (χ3v) is 2.51. The van der Waals surface area contributed by atoms with Gasteiger partial charge in [-0.15, -0.1) is 0 Å². The molecule has 0 atom stereocenters. The Morgan fingerprint density at radius 2 is 2.15 bits per heavy atom. The van der Waals surface area contributed by atoms with Gasteiger partial charge in [-0.2, -0.15) is 4.98 Å². The van der Waals surface area contributed by atoms with Crippen LogP contribution in [0.3, 0.4) is 0 Å². The summed E-state index contributed by atoms with van der Waals surface area (Å²) in [5.74, 6) is -0.234. The number of nitrogens with two attached hydrogens (primary N) is 1. The van der Waals surface area contributed by atoms with E-state index < -0.39 is 10.8 Å². The van der Waals surface area contributed by atoms with Gasteiger partial charge in [0.1, 0.15) is 5.69 Å². The Morgan fingerprint density at radius 3 is 2.65 bits per heavy atom. The van der Waals surface area contributed by atoms with Crippen molar-refractivity contribution in [3.8, 4) is 0 Å². The van der Waals surface area contributed by atoms with E-state index in [1.807, 2.05) is 6.92 Å². The van der Waals surface area contributed by atoms with E-state index in [9.17, 15) is 14.9 Å². The third-order valence-electron chi connectivity index (χ3n) is 2.51. The Morgan fingerprint density at radius 1 is 1.50 bits per heavy atom. The monoisotopic (exact) mass is 282 g/mol. The topological polar surface area (TPSA) is 127 Å². The molecule has 1 rings (SSSR count). The Balaban J connectivity index is 3.24. The Labute approximate surface area is 116 Å². The van der Waals surface area contributed by atoms with Crippen LogP contribution in [-0.2, 0) is 4.79 Å². The molecule has 0 saturated carbocycles. The maximum atomic E-state index is 11.1. The summed E-state index contributed by atoms with van der Waals surface area (Å²) in [6, 6.07) is 0. The number of hydrogen-bond acceptors (Lipinski definition) is 7. The van der Waals surface area contributed by atoms with Gasteiger partial charge in [0.25, 0.3) is 0 Å². The molecular formula is C11H18N6O3. The van der Waals surface area contributed by atoms with Crippen LogP contribution < -0.4 is 16.0 Å². The molecule has 0 aliphatic heterocycles. The van der Waals surface area contributed by atoms with Crippen LogP contribution in [0, 0.1) is 17.0 Å². The van der Waals surface area contributed by atoms with Crippen LogP contribution in [-0.4, -0.2) is 40.9 Å². The van der Waals surface area contributed by atoms with Gasteiger partial charge < -0.3 is 16.0 Å². The number of rotatable bonds is 7. The highest BCUT2D eigenvalue weighted by Gasteiger charge is 2.25. The minimum absolute atomic E-state index is 0.0694. The Kier molecular flexibility index (Phi) is 5.18. The second-order valence-electron chi connectivity index (χ2n) is 4.31. The highest BCUT2D eigenvalue weighted by Crippen LogP contribution is 2.28. The molecule has 3 N–H and O–H groups in total. The lowest BCUT2D eigenvalue weighted by atomic mass is 10.3. The maximum Gasteiger partial charge on any atom is 0.332 e. The second kappa shape index (κ2) is 6.64. The Hall–Kier alpha value is -2.45. The number of nitrogens with zero attached hydrogens (tertiary/aromatic N) is 4. The van der Waals surface area contributed by atoms with E-state index in [0.29, 0.717) is 12.5 Å². The van der Waals surface area contributed by atoms with Crippen LogP contribution in [0.15, 0.2) is 0 Å². The van der Waals surface area contributed by atoms with E-state index in [4.69, 9.17) is 5.73 Å². The van der Waals surface area contributed by atoms with Crippen LogP contribution in [0.1, 0.15) is 19.0 Å². The van der Waals surface area contributed by atoms with Crippen LogP contribution >= 0.6 is 0 Å². The number of primary amides is 1. The molecule has 0 bridgehead atoms. The molecule has 0 aliphatic carbocycles. The van der Waals surface area contributed by atoms with Gasteiger partial charge >= 0.3 is 5.69 Å². The van der Waals surface area contributed by atoms with Gasteiger partial charge in [0.2, 0.25) is 17.7 Å². The van der Waals surface area contributed by atoms with Crippen molar-refractivity contribution in [2.75, 3.05) is 30.4 Å². The molecule has 9 nitrogen and oxygen atoms in total. The van der Waals surface area contributed by atoms with Crippen molar-refractivity contribution in [3.05, 3.63) is 15.8 Å². The SMILES string of the molecule is CCCNc1nc(C)c([N+](=O)[O-])c(N(C)CC(N)=O)n1. The van der Waals surface area contributed by atoms with Gasteiger partial charge in [0, 0.05) is 13.6 Å². The van der Waals surface area contributed by atoms with Crippen molar-refractivity contribution < 1.29 is 9.72 Å². The summed E-state index contributed by atoms with van der Waals surface area (Å²) in [7, 11) is 1.52. The number of carbonyl (C=O) groups excluding carboxylic acids is 1. The van der Waals surface area contributed by atoms with Crippen molar-refractivity contribution in [2.45, 2.75) is 20.3 Å². The molecule has 1 heterocycles. The van der Waals surface area contributed by atoms with Crippen molar-refractivity contribution in [2.24, 2.45) is 5.73 Å². The normalized spacial score (nSPS) is 10.2. The molecular weight excluding hydrogens is 264 g/mol. The van der Waals surface area contributed by atoms with Crippen molar-refractivity contribution in [1.29, 1.82) is 0 Å². The molecule has 0 unspecified atom stereocenters. The number of amides is 1. The molecule has 0 fully saturated rings. The lowest BCUT2D eigenvalue weighted by Crippen LogP contribution is -2.32. The summed E-state index contributed by atoms with van der Waals surface area (Å²) in [5, 5.41) is 14.1. The van der Waals surface area contributed by atoms with Gasteiger partial charge in [0.05, 0.1) is 11.5 Å². The molecule has 9 heteroatoms. The summed E-state index contributed by atoms with van der Waals surface area (Å²) >= 11 is 0. The lowest BCUT2D eigenvalue weighted by Gasteiger charge is -2.17. The van der Waals surface area contributed by atoms with E-state index in [0.717, 1.165) is 6.42 Å². The predicted molar refractivity (Wildman–Crippen MR) is 74.7 cm³/mol. The highest BCUT2D eigenvalue weighted by molar-refractivity contribution is 5.80. The first-order valence-corrected chi connectivity index (χ1v) is 6.13. The van der Waals surface area contributed by atoms with Crippen LogP contribution in [0.5, 0.6) is 0 Å². The summed E-state index contributed by atoms with van der Waals surface area (Å²) in [6.45, 7) is 3.99. The van der Waals surface area contributed by atoms with Crippen LogP contribution in [0.4, 0.5) is 17.5 Å². The number of hydrogen-bond donors (Lipinski definition) is 2. The van der Waals surface area contributed by atoms with Crippen LogP contribution in [0.2, 0.25) is 0 Å². The number of nitrogens with one attached hydrogen (secondary N) is 1. The van der Waals surface area contributed by atoms with E-state index in [1.54, 1.807) is 0 Å². The lowest BCUT2D eigenvalue weighted by molar-refractivity contribution is -0.385. The molecule has 1 amide bonds. The fraction of sp³-hybridized carbons (Fsp3) is 0.545. The minimum atomic E-state index is -0.596. The standard InChI is InChI=1S/C11H18N6O3/c1-4-5-13-11-14-7(2)9(17(19)20)10(15-11)16(3)6-8(12)18/h4-6H2,1-3H3,(H2,12,18)(H,13,14,15). The first-order chi connectivity index (χ1) is 9.36. The van der Waals surface area contributed by atoms with Crippen LogP contribution in [0.25, 0.3) is 0 Å². The second-order valence-corrected chi connectivity index (χ2v) is 4.31. The largest absolute Gasteiger partial charge is 0.368 e. The predicted octanol–water partition coefficient (Wildman–Crippen LogP) is 0.437. The smallest absolute Gasteiger partial charge is 0.332 e. The zero-order chi connectivity index (χ0) is 15.3. The molecule has 110 valence electrons. The number of aromatic nitrogens is 2. The number of anilines is 2. The summed E-state index contributed by atoms with van der Waals surface area (Å²) in [5.41, 5.74) is 5.11. The molecule has 0 radical (unpaired) electrons. The Bertz CT molecular complexity index is 519. The van der Waals surface area contributed by atoms with Gasteiger partial charge in [-0.25, -0.2) is 4.98 Å². The maximum absolute atomic E-state index is 11.1. The van der Waals surface area contributed by atoms with Crippen molar-refractivity contribution >= 4 is 23.4 Å². The van der Waals surface area contributed by atoms with Gasteiger partial charge in [-0.05, 0) is 13.3 Å². The number of nitro groups is 1. The molecule has 0 spiro atoms. The van der Waals surface area contributed by atoms with E-state index in [1.165, 1.54) is 18.9 Å². The fourth-order valence-corrected chi connectivity index (χ4v) is 1.66. The number of carbonyl (C=O) groups is 1. The molecule has 1 aromatic rings. The average molecular weight is 282 g/mol. The van der Waals surface area contributed by atoms with E-state index >= 15 is 0 Å². The molecule has 20 heavy (non-hydrogen) atoms. The first-order valence-electron chi connectivity index (χ1n) is 6.13. The van der Waals surface area contributed by atoms with Crippen molar-refractivity contribution in [3.63, 3.8) is 0 Å². The molecule has 0 aromatic carbocycles. The number of aryl methyl sites for hydroxylation is 1. The summed E-state index contributed by atoms with van der Waals surface area (Å²) < 4.78 is 0. The van der Waals surface area contributed by atoms with Crippen molar-refractivity contribution in [1.82, 2.24) is 9.97 Å². The van der Waals surface area contributed by atoms with Gasteiger partial charge in [0.15, 0.2) is 0 Å². The first kappa shape index (κ1) is 15.6. The average Bonchev–Trinajstić information content (AvgIpc) is 2.34. The summed E-state index contributed by atoms with van der Waals surface area (Å²) in [4.78, 5) is 31.0.